The highest BCUT2D eigenvalue weighted by atomic mass is 32.2. The molecule has 2 rings (SSSR count). The van der Waals surface area contributed by atoms with Gasteiger partial charge in [-0.15, -0.1) is 16.9 Å². The Morgan fingerprint density at radius 2 is 1.79 bits per heavy atom. The van der Waals surface area contributed by atoms with Gasteiger partial charge in [-0.1, -0.05) is 35.4 Å². The van der Waals surface area contributed by atoms with Gasteiger partial charge in [0.2, 0.25) is 0 Å². The smallest absolute Gasteiger partial charge is 0.360 e. The molecule has 0 fully saturated rings. The molecule has 0 heterocycles. The van der Waals surface area contributed by atoms with E-state index in [0.29, 0.717) is 5.69 Å². The van der Waals surface area contributed by atoms with Crippen LogP contribution in [0.2, 0.25) is 0 Å². The molecule has 124 valence electrons. The van der Waals surface area contributed by atoms with Crippen LogP contribution in [0.4, 0.5) is 10.5 Å². The van der Waals surface area contributed by atoms with Crippen LogP contribution in [0.1, 0.15) is 5.56 Å². The van der Waals surface area contributed by atoms with Gasteiger partial charge in [0.1, 0.15) is 6.04 Å². The van der Waals surface area contributed by atoms with E-state index in [1.807, 2.05) is 36.6 Å². The molecule has 24 heavy (non-hydrogen) atoms. The van der Waals surface area contributed by atoms with Gasteiger partial charge in [-0.2, -0.15) is 0 Å². The van der Waals surface area contributed by atoms with E-state index < -0.39 is 18.0 Å². The Bertz CT molecular complexity index is 718. The minimum atomic E-state index is -1.12. The number of azo groups is 1. The van der Waals surface area contributed by atoms with Crippen LogP contribution in [0.15, 0.2) is 69.7 Å². The Kier molecular flexibility index (Phi) is 6.51. The quantitative estimate of drug-likeness (QED) is 0.615. The Balaban J connectivity index is 1.97. The predicted molar refractivity (Wildman–Crippen MR) is 92.8 cm³/mol. The Labute approximate surface area is 144 Å². The number of nitrogens with one attached hydrogen (secondary N) is 1. The summed E-state index contributed by atoms with van der Waals surface area (Å²) in [6.07, 6.45) is 2.14. The minimum absolute atomic E-state index is 0.180. The molecule has 0 aromatic heterocycles. The highest BCUT2D eigenvalue weighted by Gasteiger charge is 2.20. The zero-order valence-corrected chi connectivity index (χ0v) is 13.9. The maximum absolute atomic E-state index is 11.8. The van der Waals surface area contributed by atoms with Crippen molar-refractivity contribution in [2.24, 2.45) is 10.2 Å². The predicted octanol–water partition coefficient (Wildman–Crippen LogP) is 3.90. The average Bonchev–Trinajstić information content (AvgIpc) is 2.60. The summed E-state index contributed by atoms with van der Waals surface area (Å²) >= 11 is 1.60. The van der Waals surface area contributed by atoms with Crippen molar-refractivity contribution in [3.63, 3.8) is 0 Å². The number of urea groups is 1. The van der Waals surface area contributed by atoms with Gasteiger partial charge >= 0.3 is 12.0 Å². The first-order valence-corrected chi connectivity index (χ1v) is 8.44. The number of aliphatic carboxylic acids is 1. The first-order chi connectivity index (χ1) is 11.6. The number of hydrogen-bond donors (Lipinski definition) is 2. The molecule has 0 radical (unpaired) electrons. The second kappa shape index (κ2) is 8.83. The molecule has 2 aromatic carbocycles. The summed E-state index contributed by atoms with van der Waals surface area (Å²) in [4.78, 5) is 24.2. The summed E-state index contributed by atoms with van der Waals surface area (Å²) in [6, 6.07) is 14.4. The number of nitrogens with zero attached hydrogens (tertiary/aromatic N) is 2. The highest BCUT2D eigenvalue weighted by molar-refractivity contribution is 7.98. The number of carbonyl (C=O) groups is 2. The molecule has 1 atom stereocenters. The lowest BCUT2D eigenvalue weighted by Crippen LogP contribution is -2.40. The minimum Gasteiger partial charge on any atom is -0.480 e. The molecule has 0 saturated carbocycles. The van der Waals surface area contributed by atoms with E-state index in [0.717, 1.165) is 10.5 Å². The van der Waals surface area contributed by atoms with Crippen molar-refractivity contribution >= 4 is 29.4 Å². The lowest BCUT2D eigenvalue weighted by Gasteiger charge is -2.12. The molecule has 0 aliphatic carbocycles. The van der Waals surface area contributed by atoms with Gasteiger partial charge in [-0.25, -0.2) is 9.59 Å². The van der Waals surface area contributed by atoms with Crippen LogP contribution in [-0.4, -0.2) is 29.4 Å². The van der Waals surface area contributed by atoms with E-state index in [4.69, 9.17) is 0 Å². The van der Waals surface area contributed by atoms with Gasteiger partial charge < -0.3 is 10.4 Å². The second-order valence-corrected chi connectivity index (χ2v) is 5.81. The molecule has 0 bridgehead atoms. The molecule has 0 aliphatic heterocycles. The number of benzene rings is 2. The Morgan fingerprint density at radius 1 is 1.12 bits per heavy atom. The lowest BCUT2D eigenvalue weighted by atomic mass is 10.1. The van der Waals surface area contributed by atoms with Gasteiger partial charge in [0.05, 0.1) is 5.69 Å². The molecule has 2 N–H and O–H groups in total. The van der Waals surface area contributed by atoms with Crippen molar-refractivity contribution in [1.29, 1.82) is 0 Å². The summed E-state index contributed by atoms with van der Waals surface area (Å²) in [5.41, 5.74) is 1.34. The molecular weight excluding hydrogens is 326 g/mol. The highest BCUT2D eigenvalue weighted by Crippen LogP contribution is 2.19. The van der Waals surface area contributed by atoms with Crippen molar-refractivity contribution in [3.8, 4) is 0 Å². The molecule has 2 amide bonds. The molecule has 2 aromatic rings. The number of carboxylic acid groups (broad SMARTS) is 1. The fourth-order valence-corrected chi connectivity index (χ4v) is 2.39. The molecule has 0 spiro atoms. The zero-order chi connectivity index (χ0) is 17.4. The summed E-state index contributed by atoms with van der Waals surface area (Å²) < 4.78 is 0. The van der Waals surface area contributed by atoms with Gasteiger partial charge in [0.15, 0.2) is 0 Å². The van der Waals surface area contributed by atoms with Crippen molar-refractivity contribution < 1.29 is 14.7 Å². The third-order valence-corrected chi connectivity index (χ3v) is 3.95. The van der Waals surface area contributed by atoms with Crippen molar-refractivity contribution in [2.45, 2.75) is 17.4 Å². The van der Waals surface area contributed by atoms with Crippen molar-refractivity contribution in [3.05, 3.63) is 60.2 Å². The summed E-state index contributed by atoms with van der Waals surface area (Å²) in [5.74, 6) is -1.12. The average molecular weight is 343 g/mol. The lowest BCUT2D eigenvalue weighted by molar-refractivity contribution is -0.139. The number of carboxylic acids is 1. The zero-order valence-electron chi connectivity index (χ0n) is 13.0. The number of thioether (sulfide) groups is 1. The van der Waals surface area contributed by atoms with Crippen LogP contribution in [-0.2, 0) is 11.2 Å². The molecule has 6 nitrogen and oxygen atoms in total. The largest absolute Gasteiger partial charge is 0.480 e. The summed E-state index contributed by atoms with van der Waals surface area (Å²) in [6.45, 7) is 0. The van der Waals surface area contributed by atoms with E-state index in [9.17, 15) is 14.7 Å². The van der Waals surface area contributed by atoms with Gasteiger partial charge in [0.25, 0.3) is 0 Å². The van der Waals surface area contributed by atoms with Crippen LogP contribution in [0.5, 0.6) is 0 Å². The first-order valence-electron chi connectivity index (χ1n) is 7.21. The van der Waals surface area contributed by atoms with Crippen LogP contribution in [0, 0.1) is 0 Å². The third kappa shape index (κ3) is 5.51. The Hall–Kier alpha value is -2.67. The SMILES string of the molecule is CSc1ccc(N=NC(=O)N[C@@H](Cc2ccccc2)C(=O)O)cc1. The molecule has 0 saturated heterocycles. The molecule has 0 aliphatic rings. The maximum Gasteiger partial charge on any atom is 0.360 e. The fraction of sp³-hybridized carbons (Fsp3) is 0.176. The topological polar surface area (TPSA) is 91.1 Å². The fourth-order valence-electron chi connectivity index (χ4n) is 1.98. The maximum atomic E-state index is 11.8. The number of hydrogen-bond acceptors (Lipinski definition) is 4. The van der Waals surface area contributed by atoms with Gasteiger partial charge in [-0.3, -0.25) is 0 Å². The molecular formula is C17H17N3O3S. The molecule has 7 heteroatoms. The molecule has 0 unspecified atom stereocenters. The van der Waals surface area contributed by atoms with E-state index >= 15 is 0 Å². The normalized spacial score (nSPS) is 12.0. The van der Waals surface area contributed by atoms with Crippen LogP contribution in [0.3, 0.4) is 0 Å². The van der Waals surface area contributed by atoms with Crippen molar-refractivity contribution in [2.75, 3.05) is 6.26 Å². The third-order valence-electron chi connectivity index (χ3n) is 3.21. The van der Waals surface area contributed by atoms with E-state index in [-0.39, 0.29) is 6.42 Å². The summed E-state index contributed by atoms with van der Waals surface area (Å²) in [7, 11) is 0. The number of carbonyl (C=O) groups excluding carboxylic acids is 1. The number of amides is 2. The standard InChI is InChI=1S/C17H17N3O3S/c1-24-14-9-7-13(8-10-14)19-20-17(23)18-15(16(21)22)11-12-5-3-2-4-6-12/h2-10,15H,11H2,1H3,(H,18,23)(H,21,22)/t15-/m0/s1. The van der Waals surface area contributed by atoms with Gasteiger partial charge in [-0.05, 0) is 36.1 Å². The Morgan fingerprint density at radius 3 is 2.38 bits per heavy atom. The van der Waals surface area contributed by atoms with Crippen LogP contribution in [0.25, 0.3) is 0 Å². The first kappa shape index (κ1) is 17.7. The number of rotatable bonds is 6. The van der Waals surface area contributed by atoms with E-state index in [1.54, 1.807) is 36.0 Å². The van der Waals surface area contributed by atoms with E-state index in [1.165, 1.54) is 0 Å². The summed E-state index contributed by atoms with van der Waals surface area (Å²) in [5, 5.41) is 18.9. The van der Waals surface area contributed by atoms with Crippen molar-refractivity contribution in [1.82, 2.24) is 5.32 Å². The van der Waals surface area contributed by atoms with Crippen LogP contribution < -0.4 is 5.32 Å². The van der Waals surface area contributed by atoms with Crippen LogP contribution >= 0.6 is 11.8 Å². The monoisotopic (exact) mass is 343 g/mol. The van der Waals surface area contributed by atoms with E-state index in [2.05, 4.69) is 15.5 Å². The second-order valence-electron chi connectivity index (χ2n) is 4.93. The van der Waals surface area contributed by atoms with Gasteiger partial charge in [0, 0.05) is 11.3 Å².